The molecule has 18 heteroatoms. The summed E-state index contributed by atoms with van der Waals surface area (Å²) in [6.45, 7) is 4.48. The summed E-state index contributed by atoms with van der Waals surface area (Å²) >= 11 is 7.01. The summed E-state index contributed by atoms with van der Waals surface area (Å²) < 4.78 is 41.6. The first-order valence-corrected chi connectivity index (χ1v) is 22.1. The fraction of sp³-hybridized carbons (Fsp3) is 0.383. The molecule has 0 radical (unpaired) electrons. The van der Waals surface area contributed by atoms with Gasteiger partial charge < -0.3 is 48.7 Å². The average Bonchev–Trinajstić information content (AvgIpc) is 3.28. The van der Waals surface area contributed by atoms with Gasteiger partial charge in [-0.3, -0.25) is 19.2 Å². The Hall–Kier alpha value is -5.76. The number of rotatable bonds is 17. The zero-order valence-electron chi connectivity index (χ0n) is 36.0. The monoisotopic (exact) mass is 930 g/mol. The number of nitrogens with zero attached hydrogens (tertiary/aromatic N) is 1. The Morgan fingerprint density at radius 1 is 0.692 bits per heavy atom. The van der Waals surface area contributed by atoms with Gasteiger partial charge in [0.2, 0.25) is 0 Å². The summed E-state index contributed by atoms with van der Waals surface area (Å²) in [5, 5.41) is 23.2. The molecule has 0 amide bonds. The molecule has 2 fully saturated rings. The average molecular weight is 931 g/mol. The number of aromatic nitrogens is 1. The summed E-state index contributed by atoms with van der Waals surface area (Å²) in [5.41, 5.74) is 4.23. The van der Waals surface area contributed by atoms with Gasteiger partial charge >= 0.3 is 29.8 Å². The fourth-order valence-corrected chi connectivity index (χ4v) is 9.00. The third-order valence-electron chi connectivity index (χ3n) is 10.6. The molecule has 0 spiro atoms. The first-order chi connectivity index (χ1) is 31.2. The number of thiocarbonyl (C=S) groups is 1. The number of aromatic carboxylic acids is 1. The number of hydrogen-bond acceptors (Lipinski definition) is 16. The van der Waals surface area contributed by atoms with Gasteiger partial charge in [-0.15, -0.1) is 11.8 Å². The van der Waals surface area contributed by atoms with Crippen LogP contribution in [0.5, 0.6) is 0 Å². The van der Waals surface area contributed by atoms with Crippen LogP contribution in [-0.2, 0) is 65.5 Å². The molecule has 2 aliphatic heterocycles. The molecule has 0 bridgehead atoms. The van der Waals surface area contributed by atoms with Crippen LogP contribution in [0.15, 0.2) is 102 Å². The summed E-state index contributed by atoms with van der Waals surface area (Å²) in [5.74, 6) is -3.84. The van der Waals surface area contributed by atoms with E-state index < -0.39 is 78.9 Å². The fourth-order valence-electron chi connectivity index (χ4n) is 7.71. The predicted octanol–water partition coefficient (Wildman–Crippen LogP) is 5.94. The second kappa shape index (κ2) is 22.9. The first-order valence-electron chi connectivity index (χ1n) is 20.7. The molecule has 2 aliphatic rings. The molecule has 9 atom stereocenters. The molecule has 6 rings (SSSR count). The van der Waals surface area contributed by atoms with Crippen LogP contribution in [0.3, 0.4) is 0 Å². The molecule has 0 saturated carbocycles. The number of ether oxygens (including phenoxy) is 7. The number of aliphatic hydroxyl groups is 1. The van der Waals surface area contributed by atoms with Crippen molar-refractivity contribution < 1.29 is 67.3 Å². The number of aliphatic hydroxyl groups excluding tert-OH is 1. The number of nitrogens with one attached hydrogen (secondary N) is 1. The third kappa shape index (κ3) is 13.2. The molecule has 0 aliphatic carbocycles. The van der Waals surface area contributed by atoms with Crippen molar-refractivity contribution in [1.29, 1.82) is 0 Å². The highest BCUT2D eigenvalue weighted by atomic mass is 32.2. The van der Waals surface area contributed by atoms with Gasteiger partial charge in [-0.25, -0.2) is 9.78 Å². The molecule has 3 N–H and O–H groups in total. The van der Waals surface area contributed by atoms with Gasteiger partial charge in [-0.1, -0.05) is 91.1 Å². The standard InChI is InChI=1S/C47H50N2O14S2/c1-26(51)57-24-37-43(59-28(3)53)44(60-29(4)54)42(58-27(2)52)36(61-37)21-39(64)49-22-30-12-18-34(19-13-30)47-62-38(25-65-45-35(46(55)56)11-8-20-48-45)40(32-9-6-5-7-10-32)41(63-47)33-16-14-31(23-50)15-17-33/h5-20,36-38,40-44,47,50H,21-25H2,1-4H3,(H,49,64)(H,55,56). The topological polar surface area (TPSA) is 215 Å². The zero-order valence-corrected chi connectivity index (χ0v) is 37.7. The van der Waals surface area contributed by atoms with Crippen molar-refractivity contribution in [3.63, 3.8) is 0 Å². The van der Waals surface area contributed by atoms with Crippen molar-refractivity contribution in [3.8, 4) is 0 Å². The Morgan fingerprint density at radius 3 is 1.92 bits per heavy atom. The second-order valence-corrected chi connectivity index (χ2v) is 16.8. The third-order valence-corrected chi connectivity index (χ3v) is 12.0. The van der Waals surface area contributed by atoms with Crippen LogP contribution in [0.25, 0.3) is 0 Å². The molecule has 4 aromatic rings. The van der Waals surface area contributed by atoms with Gasteiger partial charge in [0, 0.05) is 64.1 Å². The Morgan fingerprint density at radius 2 is 1.31 bits per heavy atom. The summed E-state index contributed by atoms with van der Waals surface area (Å²) in [4.78, 5) is 65.2. The van der Waals surface area contributed by atoms with Crippen molar-refractivity contribution in [1.82, 2.24) is 10.3 Å². The van der Waals surface area contributed by atoms with E-state index in [1.54, 1.807) is 12.3 Å². The minimum absolute atomic E-state index is 0.0225. The van der Waals surface area contributed by atoms with E-state index in [9.17, 15) is 34.2 Å². The van der Waals surface area contributed by atoms with E-state index in [0.717, 1.165) is 41.7 Å². The maximum absolute atomic E-state index is 12.3. The van der Waals surface area contributed by atoms with Crippen LogP contribution < -0.4 is 5.32 Å². The Bertz CT molecular complexity index is 2300. The number of esters is 4. The normalized spacial score (nSPS) is 23.9. The van der Waals surface area contributed by atoms with Gasteiger partial charge in [0.25, 0.3) is 0 Å². The van der Waals surface area contributed by atoms with Gasteiger partial charge in [-0.2, -0.15) is 0 Å². The van der Waals surface area contributed by atoms with E-state index in [1.807, 2.05) is 78.9 Å². The molecular weight excluding hydrogens is 881 g/mol. The minimum Gasteiger partial charge on any atom is -0.478 e. The van der Waals surface area contributed by atoms with Crippen LogP contribution in [0, 0.1) is 0 Å². The lowest BCUT2D eigenvalue weighted by molar-refractivity contribution is -0.255. The van der Waals surface area contributed by atoms with Gasteiger partial charge in [0.15, 0.2) is 24.6 Å². The Balaban J connectivity index is 1.21. The van der Waals surface area contributed by atoms with Crippen molar-refractivity contribution in [2.24, 2.45) is 0 Å². The lowest BCUT2D eigenvalue weighted by Gasteiger charge is -2.44. The number of thioether (sulfide) groups is 1. The summed E-state index contributed by atoms with van der Waals surface area (Å²) in [6, 6.07) is 28.0. The van der Waals surface area contributed by atoms with Crippen LogP contribution >= 0.6 is 24.0 Å². The van der Waals surface area contributed by atoms with E-state index >= 15 is 0 Å². The molecule has 16 nitrogen and oxygen atoms in total. The smallest absolute Gasteiger partial charge is 0.338 e. The minimum atomic E-state index is -1.31. The predicted molar refractivity (Wildman–Crippen MR) is 237 cm³/mol. The maximum atomic E-state index is 12.3. The zero-order chi connectivity index (χ0) is 46.6. The van der Waals surface area contributed by atoms with Crippen molar-refractivity contribution in [3.05, 3.63) is 131 Å². The highest BCUT2D eigenvalue weighted by Gasteiger charge is 2.52. The lowest BCUT2D eigenvalue weighted by Crippen LogP contribution is -2.62. The molecule has 344 valence electrons. The van der Waals surface area contributed by atoms with Crippen LogP contribution in [0.2, 0.25) is 0 Å². The summed E-state index contributed by atoms with van der Waals surface area (Å²) in [6.07, 6.45) is -6.23. The molecule has 1 aromatic heterocycles. The van der Waals surface area contributed by atoms with Crippen LogP contribution in [-0.4, -0.2) is 99.0 Å². The number of benzene rings is 3. The van der Waals surface area contributed by atoms with Crippen LogP contribution in [0.1, 0.15) is 90.6 Å². The maximum Gasteiger partial charge on any atom is 0.338 e. The Kier molecular flexibility index (Phi) is 17.2. The Labute approximate surface area is 385 Å². The molecular formula is C47H50N2O14S2. The molecule has 3 heterocycles. The van der Waals surface area contributed by atoms with Gasteiger partial charge in [0.05, 0.1) is 29.4 Å². The first kappa shape index (κ1) is 48.7. The van der Waals surface area contributed by atoms with E-state index in [1.165, 1.54) is 31.7 Å². The highest BCUT2D eigenvalue weighted by Crippen LogP contribution is 2.48. The number of carboxylic acids is 1. The lowest BCUT2D eigenvalue weighted by atomic mass is 9.84. The van der Waals surface area contributed by atoms with Crippen molar-refractivity contribution in [2.45, 2.75) is 107 Å². The quantitative estimate of drug-likeness (QED) is 0.0484. The van der Waals surface area contributed by atoms with Gasteiger partial charge in [-0.05, 0) is 34.4 Å². The molecule has 9 unspecified atom stereocenters. The van der Waals surface area contributed by atoms with Gasteiger partial charge in [0.1, 0.15) is 23.8 Å². The number of carbonyl (C=O) groups is 5. The molecule has 3 aromatic carbocycles. The molecule has 65 heavy (non-hydrogen) atoms. The van der Waals surface area contributed by atoms with E-state index in [0.29, 0.717) is 15.8 Å². The molecule has 2 saturated heterocycles. The van der Waals surface area contributed by atoms with E-state index in [4.69, 9.17) is 45.4 Å². The number of carbonyl (C=O) groups excluding carboxylic acids is 4. The number of pyridine rings is 1. The SMILES string of the molecule is CC(=O)OCC1OC(CC(=S)NCc2ccc(C3OC(CSc4ncccc4C(=O)O)C(c4ccccc4)C(c4ccc(CO)cc4)O3)cc2)C(OC(C)=O)C(OC(C)=O)C1OC(C)=O. The van der Waals surface area contributed by atoms with E-state index in [2.05, 4.69) is 10.3 Å². The number of carboxylic acid groups (broad SMARTS) is 1. The van der Waals surface area contributed by atoms with Crippen molar-refractivity contribution >= 4 is 58.8 Å². The van der Waals surface area contributed by atoms with E-state index in [-0.39, 0.29) is 37.7 Å². The largest absolute Gasteiger partial charge is 0.478 e. The second-order valence-electron chi connectivity index (χ2n) is 15.3. The van der Waals surface area contributed by atoms with Crippen LogP contribution in [0.4, 0.5) is 0 Å². The summed E-state index contributed by atoms with van der Waals surface area (Å²) in [7, 11) is 0. The number of hydrogen-bond donors (Lipinski definition) is 3. The van der Waals surface area contributed by atoms with Crippen molar-refractivity contribution in [2.75, 3.05) is 12.4 Å². The highest BCUT2D eigenvalue weighted by molar-refractivity contribution is 7.99.